The van der Waals surface area contributed by atoms with E-state index >= 15 is 0 Å². The third kappa shape index (κ3) is 2.02. The number of carbonyl (C=O) groups is 1. The molecule has 0 saturated carbocycles. The maximum atomic E-state index is 12.3. The summed E-state index contributed by atoms with van der Waals surface area (Å²) in [6.07, 6.45) is 2.19. The molecule has 0 aliphatic carbocycles. The number of carbonyl (C=O) groups excluding carboxylic acids is 1. The molecule has 1 amide bonds. The standard InChI is InChI=1S/C11H20N2OS/c1-8-6-13(7-9(8)12)10(14)11(2)4-3-5-15-11/h8-9H,3-7,12H2,1-2H3. The predicted molar refractivity (Wildman–Crippen MR) is 63.8 cm³/mol. The number of nitrogens with two attached hydrogens (primary N) is 1. The third-order valence-electron chi connectivity index (χ3n) is 3.63. The van der Waals surface area contributed by atoms with Crippen molar-refractivity contribution in [2.75, 3.05) is 18.8 Å². The molecule has 2 rings (SSSR count). The van der Waals surface area contributed by atoms with Gasteiger partial charge in [-0.15, -0.1) is 11.8 Å². The van der Waals surface area contributed by atoms with E-state index in [1.807, 2.05) is 16.7 Å². The highest BCUT2D eigenvalue weighted by Crippen LogP contribution is 2.39. The fourth-order valence-corrected chi connectivity index (χ4v) is 3.72. The van der Waals surface area contributed by atoms with E-state index in [-0.39, 0.29) is 10.8 Å². The van der Waals surface area contributed by atoms with Crippen LogP contribution in [-0.2, 0) is 4.79 Å². The van der Waals surface area contributed by atoms with Gasteiger partial charge in [0.1, 0.15) is 0 Å². The van der Waals surface area contributed by atoms with Crippen LogP contribution in [0.25, 0.3) is 0 Å². The minimum absolute atomic E-state index is 0.163. The quantitative estimate of drug-likeness (QED) is 0.730. The molecule has 3 nitrogen and oxygen atoms in total. The normalized spacial score (nSPS) is 41.1. The molecule has 3 atom stereocenters. The van der Waals surface area contributed by atoms with Crippen molar-refractivity contribution in [3.8, 4) is 0 Å². The van der Waals surface area contributed by atoms with Crippen molar-refractivity contribution < 1.29 is 4.79 Å². The Morgan fingerprint density at radius 3 is 2.73 bits per heavy atom. The lowest BCUT2D eigenvalue weighted by Crippen LogP contribution is -2.43. The molecule has 86 valence electrons. The molecule has 0 aromatic rings. The Hall–Kier alpha value is -0.220. The van der Waals surface area contributed by atoms with Crippen LogP contribution in [0, 0.1) is 5.92 Å². The molecule has 0 aromatic carbocycles. The van der Waals surface area contributed by atoms with E-state index in [1.54, 1.807) is 0 Å². The van der Waals surface area contributed by atoms with E-state index in [2.05, 4.69) is 13.8 Å². The zero-order valence-electron chi connectivity index (χ0n) is 9.53. The van der Waals surface area contributed by atoms with Crippen molar-refractivity contribution in [1.29, 1.82) is 0 Å². The van der Waals surface area contributed by atoms with E-state index in [9.17, 15) is 4.79 Å². The van der Waals surface area contributed by atoms with E-state index in [1.165, 1.54) is 6.42 Å². The van der Waals surface area contributed by atoms with Gasteiger partial charge in [0, 0.05) is 19.1 Å². The number of amides is 1. The fourth-order valence-electron chi connectivity index (χ4n) is 2.44. The van der Waals surface area contributed by atoms with Gasteiger partial charge in [0.05, 0.1) is 4.75 Å². The summed E-state index contributed by atoms with van der Waals surface area (Å²) < 4.78 is -0.163. The molecule has 15 heavy (non-hydrogen) atoms. The largest absolute Gasteiger partial charge is 0.340 e. The van der Waals surface area contributed by atoms with Crippen molar-refractivity contribution in [2.45, 2.75) is 37.5 Å². The second kappa shape index (κ2) is 3.98. The van der Waals surface area contributed by atoms with Crippen LogP contribution < -0.4 is 5.73 Å². The van der Waals surface area contributed by atoms with Crippen LogP contribution in [0.1, 0.15) is 26.7 Å². The van der Waals surface area contributed by atoms with Crippen molar-refractivity contribution in [3.63, 3.8) is 0 Å². The molecule has 0 aromatic heterocycles. The first kappa shape index (κ1) is 11.3. The third-order valence-corrected chi connectivity index (χ3v) is 5.14. The number of nitrogens with zero attached hydrogens (tertiary/aromatic N) is 1. The van der Waals surface area contributed by atoms with Crippen molar-refractivity contribution in [1.82, 2.24) is 4.90 Å². The smallest absolute Gasteiger partial charge is 0.238 e. The van der Waals surface area contributed by atoms with Crippen LogP contribution in [0.4, 0.5) is 0 Å². The van der Waals surface area contributed by atoms with Crippen molar-refractivity contribution >= 4 is 17.7 Å². The first-order valence-corrected chi connectivity index (χ1v) is 6.70. The van der Waals surface area contributed by atoms with Gasteiger partial charge in [0.15, 0.2) is 0 Å². The molecule has 2 fully saturated rings. The average Bonchev–Trinajstić information content (AvgIpc) is 2.75. The van der Waals surface area contributed by atoms with Crippen LogP contribution in [-0.4, -0.2) is 40.4 Å². The molecular formula is C11H20N2OS. The zero-order chi connectivity index (χ0) is 11.1. The van der Waals surface area contributed by atoms with Crippen molar-refractivity contribution in [3.05, 3.63) is 0 Å². The number of likely N-dealkylation sites (tertiary alicyclic amines) is 1. The Morgan fingerprint density at radius 2 is 2.27 bits per heavy atom. The van der Waals surface area contributed by atoms with Gasteiger partial charge in [0.2, 0.25) is 5.91 Å². The molecule has 2 heterocycles. The zero-order valence-corrected chi connectivity index (χ0v) is 10.3. The first-order chi connectivity index (χ1) is 7.03. The molecule has 2 aliphatic heterocycles. The molecule has 0 radical (unpaired) electrons. The van der Waals surface area contributed by atoms with Crippen LogP contribution >= 0.6 is 11.8 Å². The molecule has 4 heteroatoms. The minimum Gasteiger partial charge on any atom is -0.340 e. The number of hydrogen-bond acceptors (Lipinski definition) is 3. The summed E-state index contributed by atoms with van der Waals surface area (Å²) >= 11 is 1.81. The van der Waals surface area contributed by atoms with Gasteiger partial charge in [-0.3, -0.25) is 4.79 Å². The molecular weight excluding hydrogens is 208 g/mol. The summed E-state index contributed by atoms with van der Waals surface area (Å²) in [5.74, 6) is 1.88. The van der Waals surface area contributed by atoms with Crippen LogP contribution in [0.15, 0.2) is 0 Å². The predicted octanol–water partition coefficient (Wildman–Crippen LogP) is 1.08. The summed E-state index contributed by atoms with van der Waals surface area (Å²) in [6, 6.07) is 0.170. The molecule has 2 saturated heterocycles. The van der Waals surface area contributed by atoms with Crippen LogP contribution in [0.3, 0.4) is 0 Å². The van der Waals surface area contributed by atoms with E-state index in [0.717, 1.165) is 25.3 Å². The van der Waals surface area contributed by atoms with E-state index in [0.29, 0.717) is 11.8 Å². The Morgan fingerprint density at radius 1 is 1.53 bits per heavy atom. The van der Waals surface area contributed by atoms with Gasteiger partial charge < -0.3 is 10.6 Å². The van der Waals surface area contributed by atoms with E-state index in [4.69, 9.17) is 5.73 Å². The topological polar surface area (TPSA) is 46.3 Å². The highest BCUT2D eigenvalue weighted by Gasteiger charge is 2.42. The Bertz CT molecular complexity index is 253. The van der Waals surface area contributed by atoms with Gasteiger partial charge in [-0.05, 0) is 31.4 Å². The van der Waals surface area contributed by atoms with Gasteiger partial charge >= 0.3 is 0 Å². The second-order valence-corrected chi connectivity index (χ2v) is 6.63. The summed E-state index contributed by atoms with van der Waals surface area (Å²) in [7, 11) is 0. The molecule has 2 N–H and O–H groups in total. The Kier molecular flexibility index (Phi) is 2.99. The highest BCUT2D eigenvalue weighted by molar-refractivity contribution is 8.01. The lowest BCUT2D eigenvalue weighted by atomic mass is 10.0. The lowest BCUT2D eigenvalue weighted by Gasteiger charge is -2.28. The van der Waals surface area contributed by atoms with Crippen LogP contribution in [0.5, 0.6) is 0 Å². The summed E-state index contributed by atoms with van der Waals surface area (Å²) in [5.41, 5.74) is 5.95. The maximum absolute atomic E-state index is 12.3. The Labute approximate surface area is 95.8 Å². The average molecular weight is 228 g/mol. The SMILES string of the molecule is CC1CN(C(=O)C2(C)CCCS2)CC1N. The second-order valence-electron chi connectivity index (χ2n) is 5.03. The summed E-state index contributed by atoms with van der Waals surface area (Å²) in [6.45, 7) is 5.80. The molecule has 0 bridgehead atoms. The van der Waals surface area contributed by atoms with Crippen LogP contribution in [0.2, 0.25) is 0 Å². The maximum Gasteiger partial charge on any atom is 0.238 e. The molecule has 0 spiro atoms. The van der Waals surface area contributed by atoms with Gasteiger partial charge in [-0.2, -0.15) is 0 Å². The number of hydrogen-bond donors (Lipinski definition) is 1. The van der Waals surface area contributed by atoms with Gasteiger partial charge in [-0.1, -0.05) is 6.92 Å². The first-order valence-electron chi connectivity index (χ1n) is 5.72. The van der Waals surface area contributed by atoms with Crippen molar-refractivity contribution in [2.24, 2.45) is 11.7 Å². The monoisotopic (exact) mass is 228 g/mol. The van der Waals surface area contributed by atoms with Gasteiger partial charge in [0.25, 0.3) is 0 Å². The minimum atomic E-state index is -0.163. The summed E-state index contributed by atoms with van der Waals surface area (Å²) in [5, 5.41) is 0. The van der Waals surface area contributed by atoms with Gasteiger partial charge in [-0.25, -0.2) is 0 Å². The fraction of sp³-hybridized carbons (Fsp3) is 0.909. The van der Waals surface area contributed by atoms with E-state index < -0.39 is 0 Å². The summed E-state index contributed by atoms with van der Waals surface area (Å²) in [4.78, 5) is 14.3. The highest BCUT2D eigenvalue weighted by atomic mass is 32.2. The number of rotatable bonds is 1. The molecule has 3 unspecified atom stereocenters. The Balaban J connectivity index is 2.02. The lowest BCUT2D eigenvalue weighted by molar-refractivity contribution is -0.132. The number of thioether (sulfide) groups is 1. The molecule has 2 aliphatic rings.